The van der Waals surface area contributed by atoms with E-state index in [0.29, 0.717) is 11.5 Å². The van der Waals surface area contributed by atoms with E-state index in [1.807, 2.05) is 12.1 Å². The van der Waals surface area contributed by atoms with Crippen molar-refractivity contribution >= 4 is 18.4 Å². The Morgan fingerprint density at radius 1 is 1.00 bits per heavy atom. The molecule has 0 spiro atoms. The summed E-state index contributed by atoms with van der Waals surface area (Å²) in [6.45, 7) is 7.17. The molecule has 0 aliphatic carbocycles. The van der Waals surface area contributed by atoms with Gasteiger partial charge >= 0.3 is 0 Å². The molecule has 0 radical (unpaired) electrons. The number of hydrogen-bond acceptors (Lipinski definition) is 1. The van der Waals surface area contributed by atoms with Gasteiger partial charge in [-0.25, -0.2) is 0 Å². The van der Waals surface area contributed by atoms with E-state index in [1.54, 1.807) is 12.1 Å². The summed E-state index contributed by atoms with van der Waals surface area (Å²) in [5, 5.41) is 2.78. The number of rotatable bonds is 5. The second-order valence-electron chi connectivity index (χ2n) is 7.89. The number of aryl methyl sites for hydroxylation is 1. The maximum absolute atomic E-state index is 7.56. The molecule has 2 aromatic carbocycles. The zero-order valence-corrected chi connectivity index (χ0v) is 17.1. The maximum atomic E-state index is 7.56. The first-order valence-electron chi connectivity index (χ1n) is 10.7. The lowest BCUT2D eigenvalue weighted by Crippen LogP contribution is -2.54. The summed E-state index contributed by atoms with van der Waals surface area (Å²) in [5.74, 6) is 0.544. The predicted octanol–water partition coefficient (Wildman–Crippen LogP) is 5.08. The van der Waals surface area contributed by atoms with Crippen LogP contribution in [0.5, 0.6) is 0 Å². The van der Waals surface area contributed by atoms with E-state index in [4.69, 9.17) is 9.10 Å². The van der Waals surface area contributed by atoms with E-state index < -0.39 is 14.9 Å². The molecule has 0 N–H and O–H groups in total. The van der Waals surface area contributed by atoms with Crippen molar-refractivity contribution in [3.8, 4) is 11.3 Å². The van der Waals surface area contributed by atoms with Gasteiger partial charge in [0.1, 0.15) is 8.07 Å². The molecule has 1 nitrogen and oxygen atoms in total. The smallest absolute Gasteiger partial charge is 0.114 e. The minimum atomic E-state index is -2.08. The van der Waals surface area contributed by atoms with Crippen LogP contribution in [-0.4, -0.2) is 13.1 Å². The zero-order chi connectivity index (χ0) is 21.2. The van der Waals surface area contributed by atoms with Gasteiger partial charge in [-0.2, -0.15) is 0 Å². The van der Waals surface area contributed by atoms with E-state index >= 15 is 0 Å². The molecule has 0 saturated heterocycles. The molecule has 0 aliphatic heterocycles. The van der Waals surface area contributed by atoms with Crippen LogP contribution in [0.25, 0.3) is 11.3 Å². The van der Waals surface area contributed by atoms with Crippen molar-refractivity contribution in [1.29, 1.82) is 0 Å². The topological polar surface area (TPSA) is 12.9 Å². The Morgan fingerprint density at radius 3 is 2.31 bits per heavy atom. The van der Waals surface area contributed by atoms with Gasteiger partial charge in [-0.05, 0) is 36.0 Å². The third-order valence-corrected chi connectivity index (χ3v) is 8.54. The van der Waals surface area contributed by atoms with E-state index in [-0.39, 0.29) is 0 Å². The summed E-state index contributed by atoms with van der Waals surface area (Å²) in [5.41, 5.74) is 3.57. The van der Waals surface area contributed by atoms with Gasteiger partial charge in [0, 0.05) is 15.9 Å². The molecule has 0 fully saturated rings. The first-order valence-corrected chi connectivity index (χ1v) is 12.2. The van der Waals surface area contributed by atoms with Crippen LogP contribution in [0.1, 0.15) is 29.1 Å². The fourth-order valence-electron chi connectivity index (χ4n) is 3.48. The van der Waals surface area contributed by atoms with Gasteiger partial charge in [-0.15, -0.1) is 0 Å². The number of hydrogen-bond donors (Lipinski definition) is 0. The van der Waals surface area contributed by atoms with Crippen LogP contribution < -0.4 is 10.4 Å². The Bertz CT molecular complexity index is 962. The van der Waals surface area contributed by atoms with Crippen LogP contribution in [0.4, 0.5) is 0 Å². The van der Waals surface area contributed by atoms with Gasteiger partial charge in [0.25, 0.3) is 0 Å². The Hall–Kier alpha value is -2.19. The van der Waals surface area contributed by atoms with Gasteiger partial charge in [-0.3, -0.25) is 4.98 Å². The summed E-state index contributed by atoms with van der Waals surface area (Å²) in [6, 6.07) is 20.0. The number of benzene rings is 2. The summed E-state index contributed by atoms with van der Waals surface area (Å²) < 4.78 is 22.7. The van der Waals surface area contributed by atoms with E-state index in [9.17, 15) is 0 Å². The third-order valence-electron chi connectivity index (χ3n) is 4.97. The third kappa shape index (κ3) is 3.96. The summed E-state index contributed by atoms with van der Waals surface area (Å²) >= 11 is 0. The highest BCUT2D eigenvalue weighted by atomic mass is 28.3. The summed E-state index contributed by atoms with van der Waals surface area (Å²) in [4.78, 5) is 4.79. The van der Waals surface area contributed by atoms with Gasteiger partial charge in [0.2, 0.25) is 0 Å². The highest BCUT2D eigenvalue weighted by molar-refractivity contribution is 7.00. The van der Waals surface area contributed by atoms with Crippen LogP contribution >= 0.6 is 0 Å². The molecular formula is C24H29NSi. The molecule has 134 valence electrons. The molecule has 0 unspecified atom stereocenters. The highest BCUT2D eigenvalue weighted by Gasteiger charge is 2.29. The minimum Gasteiger partial charge on any atom is -0.256 e. The Balaban J connectivity index is 2.05. The van der Waals surface area contributed by atoms with Gasteiger partial charge in [0.15, 0.2) is 0 Å². The Kier molecular flexibility index (Phi) is 4.35. The van der Waals surface area contributed by atoms with Crippen molar-refractivity contribution in [2.45, 2.75) is 40.2 Å². The quantitative estimate of drug-likeness (QED) is 0.577. The van der Waals surface area contributed by atoms with Crippen molar-refractivity contribution < 1.29 is 4.11 Å². The maximum Gasteiger partial charge on any atom is 0.114 e. The van der Waals surface area contributed by atoms with Gasteiger partial charge in [0.05, 0.1) is 5.69 Å². The average Bonchev–Trinajstić information content (AvgIpc) is 2.67. The van der Waals surface area contributed by atoms with E-state index in [0.717, 1.165) is 17.7 Å². The molecule has 3 rings (SSSR count). The van der Waals surface area contributed by atoms with Crippen molar-refractivity contribution in [2.24, 2.45) is 5.92 Å². The molecule has 0 amide bonds. The molecule has 1 heterocycles. The molecule has 1 aromatic heterocycles. The zero-order valence-electron chi connectivity index (χ0n) is 19.1. The van der Waals surface area contributed by atoms with Crippen LogP contribution in [0.3, 0.4) is 0 Å². The second-order valence-corrected chi connectivity index (χ2v) is 12.3. The average molecular weight is 363 g/mol. The van der Waals surface area contributed by atoms with Crippen molar-refractivity contribution in [1.82, 2.24) is 4.98 Å². The number of nitrogens with zero attached hydrogens (tertiary/aromatic N) is 1. The molecule has 3 aromatic rings. The standard InChI is InChI=1S/C24H29NSi/c1-18(2)15-21-16-23(20-13-11-19(3)12-14-20)25-17-24(21)26(4,5)22-9-7-6-8-10-22/h6-14,16-18H,15H2,1-5H3/i3D3. The minimum absolute atomic E-state index is 0.359. The monoisotopic (exact) mass is 362 g/mol. The lowest BCUT2D eigenvalue weighted by atomic mass is 10.0. The van der Waals surface area contributed by atoms with Gasteiger partial charge < -0.3 is 0 Å². The number of pyridine rings is 1. The first-order chi connectivity index (χ1) is 13.6. The normalized spacial score (nSPS) is 14.0. The Labute approximate surface area is 163 Å². The molecule has 2 heteroatoms. The number of aromatic nitrogens is 1. The lowest BCUT2D eigenvalue weighted by molar-refractivity contribution is 0.649. The highest BCUT2D eigenvalue weighted by Crippen LogP contribution is 2.21. The molecule has 0 atom stereocenters. The molecule has 0 bridgehead atoms. The van der Waals surface area contributed by atoms with Crippen molar-refractivity contribution in [3.05, 3.63) is 78.0 Å². The molecule has 0 saturated carbocycles. The molecular weight excluding hydrogens is 330 g/mol. The molecule has 26 heavy (non-hydrogen) atoms. The fourth-order valence-corrected chi connectivity index (χ4v) is 6.18. The van der Waals surface area contributed by atoms with Crippen molar-refractivity contribution in [2.75, 3.05) is 0 Å². The van der Waals surface area contributed by atoms with Gasteiger partial charge in [-0.1, -0.05) is 92.3 Å². The SMILES string of the molecule is [2H]C([2H])([2H])c1ccc(-c2cc(CC(C)C)c([Si](C)(C)c3ccccc3)cn2)cc1. The van der Waals surface area contributed by atoms with Crippen LogP contribution in [0.2, 0.25) is 13.1 Å². The van der Waals surface area contributed by atoms with E-state index in [1.165, 1.54) is 15.9 Å². The second kappa shape index (κ2) is 7.59. The summed E-state index contributed by atoms with van der Waals surface area (Å²) in [6.07, 6.45) is 3.06. The van der Waals surface area contributed by atoms with Crippen LogP contribution in [0.15, 0.2) is 66.9 Å². The van der Waals surface area contributed by atoms with Crippen molar-refractivity contribution in [3.63, 3.8) is 0 Å². The lowest BCUT2D eigenvalue weighted by Gasteiger charge is -2.27. The predicted molar refractivity (Wildman–Crippen MR) is 116 cm³/mol. The van der Waals surface area contributed by atoms with Crippen LogP contribution in [-0.2, 0) is 6.42 Å². The van der Waals surface area contributed by atoms with E-state index in [2.05, 4.69) is 69.5 Å². The largest absolute Gasteiger partial charge is 0.256 e. The summed E-state index contributed by atoms with van der Waals surface area (Å²) in [7, 11) is -1.86. The Morgan fingerprint density at radius 2 is 1.69 bits per heavy atom. The fraction of sp³-hybridized carbons (Fsp3) is 0.292. The van der Waals surface area contributed by atoms with Crippen LogP contribution in [0, 0.1) is 12.8 Å². The molecule has 0 aliphatic rings. The first kappa shape index (κ1) is 14.9.